The maximum atomic E-state index is 11.0. The van der Waals surface area contributed by atoms with Gasteiger partial charge in [-0.3, -0.25) is 4.79 Å². The third kappa shape index (κ3) is 3.82. The highest BCUT2D eigenvalue weighted by atomic mass is 32.1. The van der Waals surface area contributed by atoms with Gasteiger partial charge in [0.25, 0.3) is 0 Å². The van der Waals surface area contributed by atoms with Crippen molar-refractivity contribution < 1.29 is 19.4 Å². The quantitative estimate of drug-likeness (QED) is 0.795. The van der Waals surface area contributed by atoms with Crippen molar-refractivity contribution in [2.45, 2.75) is 13.3 Å². The lowest BCUT2D eigenvalue weighted by Gasteiger charge is -1.95. The lowest BCUT2D eigenvalue weighted by atomic mass is 10.4. The Balaban J connectivity index is 2.50. The molecule has 0 amide bonds. The molecule has 0 fully saturated rings. The van der Waals surface area contributed by atoms with Crippen molar-refractivity contribution in [2.75, 3.05) is 6.61 Å². The maximum absolute atomic E-state index is 11.0. The number of carbonyl (C=O) groups excluding carboxylic acids is 1. The fourth-order valence-electron chi connectivity index (χ4n) is 0.938. The number of esters is 1. The lowest BCUT2D eigenvalue weighted by molar-refractivity contribution is -0.142. The van der Waals surface area contributed by atoms with E-state index < -0.39 is 5.97 Å². The van der Waals surface area contributed by atoms with Gasteiger partial charge in [0.2, 0.25) is 0 Å². The molecule has 1 heterocycles. The second kappa shape index (κ2) is 6.02. The van der Waals surface area contributed by atoms with Crippen LogP contribution in [0.4, 0.5) is 0 Å². The number of nitrogens with zero attached hydrogens (tertiary/aromatic N) is 1. The Kier molecular flexibility index (Phi) is 4.65. The van der Waals surface area contributed by atoms with Gasteiger partial charge < -0.3 is 9.84 Å². The van der Waals surface area contributed by atoms with E-state index in [1.54, 1.807) is 19.1 Å². The SMILES string of the molecule is CCOC(=O)CC=Cc1nc(C(=O)O)cs1. The number of aromatic carboxylic acids is 1. The summed E-state index contributed by atoms with van der Waals surface area (Å²) in [6.45, 7) is 2.09. The molecule has 0 radical (unpaired) electrons. The zero-order valence-electron chi connectivity index (χ0n) is 8.67. The van der Waals surface area contributed by atoms with Crippen LogP contribution in [0.3, 0.4) is 0 Å². The van der Waals surface area contributed by atoms with E-state index in [0.29, 0.717) is 11.6 Å². The van der Waals surface area contributed by atoms with Crippen LogP contribution >= 0.6 is 11.3 Å². The molecule has 86 valence electrons. The Labute approximate surface area is 96.4 Å². The zero-order chi connectivity index (χ0) is 12.0. The van der Waals surface area contributed by atoms with Gasteiger partial charge in [-0.05, 0) is 13.0 Å². The molecule has 0 saturated heterocycles. The first kappa shape index (κ1) is 12.4. The average Bonchev–Trinajstić information content (AvgIpc) is 2.67. The molecule has 1 aromatic heterocycles. The van der Waals surface area contributed by atoms with E-state index in [2.05, 4.69) is 4.98 Å². The van der Waals surface area contributed by atoms with Crippen LogP contribution in [0.25, 0.3) is 6.08 Å². The van der Waals surface area contributed by atoms with Gasteiger partial charge in [0.1, 0.15) is 5.01 Å². The monoisotopic (exact) mass is 241 g/mol. The van der Waals surface area contributed by atoms with E-state index in [-0.39, 0.29) is 18.1 Å². The molecule has 0 aliphatic heterocycles. The second-order valence-corrected chi connectivity index (χ2v) is 3.68. The fraction of sp³-hybridized carbons (Fsp3) is 0.300. The van der Waals surface area contributed by atoms with Gasteiger partial charge in [0, 0.05) is 5.38 Å². The summed E-state index contributed by atoms with van der Waals surface area (Å²) in [5, 5.41) is 10.6. The summed E-state index contributed by atoms with van der Waals surface area (Å²) < 4.78 is 4.72. The largest absolute Gasteiger partial charge is 0.476 e. The van der Waals surface area contributed by atoms with Gasteiger partial charge in [0.15, 0.2) is 5.69 Å². The fourth-order valence-corrected chi connectivity index (χ4v) is 1.65. The van der Waals surface area contributed by atoms with E-state index in [0.717, 1.165) is 0 Å². The Morgan fingerprint density at radius 3 is 2.94 bits per heavy atom. The van der Waals surface area contributed by atoms with Crippen LogP contribution in [0.2, 0.25) is 0 Å². The molecule has 16 heavy (non-hydrogen) atoms. The predicted molar refractivity (Wildman–Crippen MR) is 59.4 cm³/mol. The first-order valence-corrected chi connectivity index (χ1v) is 5.52. The van der Waals surface area contributed by atoms with Crippen molar-refractivity contribution in [1.82, 2.24) is 4.98 Å². The highest BCUT2D eigenvalue weighted by molar-refractivity contribution is 7.10. The van der Waals surface area contributed by atoms with Gasteiger partial charge in [-0.1, -0.05) is 6.08 Å². The number of ether oxygens (including phenoxy) is 1. The van der Waals surface area contributed by atoms with Gasteiger partial charge in [-0.25, -0.2) is 9.78 Å². The molecule has 1 aromatic rings. The number of carboxylic acid groups (broad SMARTS) is 1. The summed E-state index contributed by atoms with van der Waals surface area (Å²) in [5.74, 6) is -1.37. The molecular weight excluding hydrogens is 230 g/mol. The van der Waals surface area contributed by atoms with E-state index in [4.69, 9.17) is 9.84 Å². The summed E-state index contributed by atoms with van der Waals surface area (Å²) in [6.07, 6.45) is 3.37. The number of carboxylic acids is 1. The molecule has 5 nitrogen and oxygen atoms in total. The Bertz CT molecular complexity index is 411. The predicted octanol–water partition coefficient (Wildman–Crippen LogP) is 1.81. The Hall–Kier alpha value is -1.69. The van der Waals surface area contributed by atoms with Crippen molar-refractivity contribution in [2.24, 2.45) is 0 Å². The van der Waals surface area contributed by atoms with E-state index in [9.17, 15) is 9.59 Å². The minimum atomic E-state index is -1.05. The van der Waals surface area contributed by atoms with E-state index >= 15 is 0 Å². The summed E-state index contributed by atoms with van der Waals surface area (Å²) in [7, 11) is 0. The van der Waals surface area contributed by atoms with Gasteiger partial charge in [-0.15, -0.1) is 11.3 Å². The second-order valence-electron chi connectivity index (χ2n) is 2.79. The van der Waals surface area contributed by atoms with E-state index in [1.807, 2.05) is 0 Å². The third-order valence-electron chi connectivity index (χ3n) is 1.59. The number of rotatable bonds is 5. The first-order valence-electron chi connectivity index (χ1n) is 4.64. The van der Waals surface area contributed by atoms with Crippen LogP contribution in [-0.2, 0) is 9.53 Å². The number of aromatic nitrogens is 1. The van der Waals surface area contributed by atoms with Crippen LogP contribution in [0.5, 0.6) is 0 Å². The van der Waals surface area contributed by atoms with Crippen LogP contribution in [0, 0.1) is 0 Å². The van der Waals surface area contributed by atoms with Crippen LogP contribution < -0.4 is 0 Å². The lowest BCUT2D eigenvalue weighted by Crippen LogP contribution is -2.01. The molecule has 0 saturated carbocycles. The highest BCUT2D eigenvalue weighted by Gasteiger charge is 2.06. The molecule has 0 unspecified atom stereocenters. The van der Waals surface area contributed by atoms with Gasteiger partial charge in [0.05, 0.1) is 13.0 Å². The molecular formula is C10H11NO4S. The highest BCUT2D eigenvalue weighted by Crippen LogP contribution is 2.11. The standard InChI is InChI=1S/C10H11NO4S/c1-2-15-9(12)5-3-4-8-11-7(6-16-8)10(13)14/h3-4,6H,2,5H2,1H3,(H,13,14). The minimum Gasteiger partial charge on any atom is -0.476 e. The van der Waals surface area contributed by atoms with Crippen LogP contribution in [0.1, 0.15) is 28.8 Å². The molecule has 1 rings (SSSR count). The first-order chi connectivity index (χ1) is 7.63. The molecule has 0 bridgehead atoms. The normalized spacial score (nSPS) is 10.6. The third-order valence-corrected chi connectivity index (χ3v) is 2.40. The van der Waals surface area contributed by atoms with Crippen molar-refractivity contribution in [1.29, 1.82) is 0 Å². The van der Waals surface area contributed by atoms with Crippen molar-refractivity contribution in [3.8, 4) is 0 Å². The maximum Gasteiger partial charge on any atom is 0.355 e. The molecule has 0 atom stereocenters. The topological polar surface area (TPSA) is 76.5 Å². The summed E-state index contributed by atoms with van der Waals surface area (Å²) >= 11 is 1.21. The van der Waals surface area contributed by atoms with Crippen molar-refractivity contribution in [3.05, 3.63) is 22.2 Å². The van der Waals surface area contributed by atoms with Gasteiger partial charge in [-0.2, -0.15) is 0 Å². The number of carbonyl (C=O) groups is 2. The molecule has 0 spiro atoms. The van der Waals surface area contributed by atoms with Crippen LogP contribution in [-0.4, -0.2) is 28.6 Å². The zero-order valence-corrected chi connectivity index (χ0v) is 9.49. The van der Waals surface area contributed by atoms with Gasteiger partial charge >= 0.3 is 11.9 Å². The summed E-state index contributed by atoms with van der Waals surface area (Å²) in [6, 6.07) is 0. The van der Waals surface area contributed by atoms with E-state index in [1.165, 1.54) is 16.7 Å². The smallest absolute Gasteiger partial charge is 0.355 e. The molecule has 6 heteroatoms. The Morgan fingerprint density at radius 1 is 1.62 bits per heavy atom. The number of hydrogen-bond donors (Lipinski definition) is 1. The van der Waals surface area contributed by atoms with Crippen molar-refractivity contribution >= 4 is 29.4 Å². The molecule has 0 aromatic carbocycles. The Morgan fingerprint density at radius 2 is 2.38 bits per heavy atom. The number of thiazole rings is 1. The van der Waals surface area contributed by atoms with Crippen LogP contribution in [0.15, 0.2) is 11.5 Å². The summed E-state index contributed by atoms with van der Waals surface area (Å²) in [5.41, 5.74) is 0.0146. The molecule has 0 aliphatic carbocycles. The average molecular weight is 241 g/mol. The number of hydrogen-bond acceptors (Lipinski definition) is 5. The summed E-state index contributed by atoms with van der Waals surface area (Å²) in [4.78, 5) is 25.3. The molecule has 0 aliphatic rings. The molecule has 1 N–H and O–H groups in total. The minimum absolute atomic E-state index is 0.0146. The van der Waals surface area contributed by atoms with Crippen molar-refractivity contribution in [3.63, 3.8) is 0 Å².